The summed E-state index contributed by atoms with van der Waals surface area (Å²) in [6.07, 6.45) is 8.28. The van der Waals surface area contributed by atoms with Crippen molar-refractivity contribution < 1.29 is 9.47 Å². The number of ether oxygens (including phenoxy) is 2. The van der Waals surface area contributed by atoms with E-state index in [1.54, 1.807) is 0 Å². The van der Waals surface area contributed by atoms with Gasteiger partial charge in [-0.15, -0.1) is 0 Å². The fraction of sp³-hybridized carbons (Fsp3) is 0.625. The van der Waals surface area contributed by atoms with Crippen molar-refractivity contribution in [3.63, 3.8) is 0 Å². The first-order valence-corrected chi connectivity index (χ1v) is 7.54. The molecule has 1 aliphatic heterocycles. The van der Waals surface area contributed by atoms with E-state index in [2.05, 4.69) is 5.32 Å². The number of benzene rings is 1. The van der Waals surface area contributed by atoms with E-state index in [0.29, 0.717) is 12.6 Å². The molecule has 1 atom stereocenters. The van der Waals surface area contributed by atoms with Crippen LogP contribution < -0.4 is 14.8 Å². The van der Waals surface area contributed by atoms with Gasteiger partial charge in [0.25, 0.3) is 0 Å². The van der Waals surface area contributed by atoms with Crippen LogP contribution in [0.1, 0.15) is 38.5 Å². The molecule has 1 aliphatic carbocycles. The van der Waals surface area contributed by atoms with Crippen molar-refractivity contribution in [1.82, 2.24) is 5.32 Å². The molecule has 1 saturated carbocycles. The molecule has 0 bridgehead atoms. The predicted octanol–water partition coefficient (Wildman–Crippen LogP) is 3.14. The van der Waals surface area contributed by atoms with Gasteiger partial charge in [-0.05, 0) is 25.0 Å². The van der Waals surface area contributed by atoms with Crippen molar-refractivity contribution in [2.75, 3.05) is 13.2 Å². The molecule has 2 aliphatic rings. The fourth-order valence-corrected chi connectivity index (χ4v) is 2.95. The Hall–Kier alpha value is -1.22. The average molecular weight is 261 g/mol. The second-order valence-corrected chi connectivity index (χ2v) is 5.59. The molecule has 0 spiro atoms. The molecule has 1 N–H and O–H groups in total. The van der Waals surface area contributed by atoms with Crippen LogP contribution in [-0.2, 0) is 0 Å². The Bertz CT molecular complexity index is 399. The average Bonchev–Trinajstić information content (AvgIpc) is 2.73. The number of rotatable bonds is 3. The zero-order chi connectivity index (χ0) is 12.9. The molecular weight excluding hydrogens is 238 g/mol. The highest BCUT2D eigenvalue weighted by molar-refractivity contribution is 5.40. The van der Waals surface area contributed by atoms with Crippen LogP contribution in [0.3, 0.4) is 0 Å². The highest BCUT2D eigenvalue weighted by atomic mass is 16.6. The largest absolute Gasteiger partial charge is 0.486 e. The van der Waals surface area contributed by atoms with Gasteiger partial charge in [-0.25, -0.2) is 0 Å². The molecule has 1 heterocycles. The van der Waals surface area contributed by atoms with Gasteiger partial charge in [-0.1, -0.05) is 37.8 Å². The Balaban J connectivity index is 1.49. The summed E-state index contributed by atoms with van der Waals surface area (Å²) in [6, 6.07) is 8.58. The molecule has 0 unspecified atom stereocenters. The zero-order valence-corrected chi connectivity index (χ0v) is 11.4. The van der Waals surface area contributed by atoms with Crippen LogP contribution in [0.5, 0.6) is 11.5 Å². The topological polar surface area (TPSA) is 30.5 Å². The number of hydrogen-bond donors (Lipinski definition) is 1. The summed E-state index contributed by atoms with van der Waals surface area (Å²) in [5, 5.41) is 3.66. The van der Waals surface area contributed by atoms with Crippen LogP contribution in [-0.4, -0.2) is 25.3 Å². The number of nitrogens with one attached hydrogen (secondary N) is 1. The molecule has 3 nitrogen and oxygen atoms in total. The lowest BCUT2D eigenvalue weighted by atomic mass is 10.1. The molecule has 3 heteroatoms. The van der Waals surface area contributed by atoms with Gasteiger partial charge in [0.1, 0.15) is 12.7 Å². The van der Waals surface area contributed by atoms with Gasteiger partial charge >= 0.3 is 0 Å². The first kappa shape index (κ1) is 12.8. The Labute approximate surface area is 115 Å². The second-order valence-electron chi connectivity index (χ2n) is 5.59. The molecule has 0 radical (unpaired) electrons. The highest BCUT2D eigenvalue weighted by Gasteiger charge is 2.21. The van der Waals surface area contributed by atoms with Crippen LogP contribution in [0.15, 0.2) is 24.3 Å². The molecule has 104 valence electrons. The molecule has 19 heavy (non-hydrogen) atoms. The lowest BCUT2D eigenvalue weighted by molar-refractivity contribution is 0.0876. The number of hydrogen-bond acceptors (Lipinski definition) is 3. The quantitative estimate of drug-likeness (QED) is 0.848. The summed E-state index contributed by atoms with van der Waals surface area (Å²) in [4.78, 5) is 0. The van der Waals surface area contributed by atoms with E-state index in [0.717, 1.165) is 18.0 Å². The van der Waals surface area contributed by atoms with E-state index >= 15 is 0 Å². The molecule has 3 rings (SSSR count). The minimum atomic E-state index is 0.137. The van der Waals surface area contributed by atoms with Crippen LogP contribution in [0.2, 0.25) is 0 Å². The van der Waals surface area contributed by atoms with Crippen molar-refractivity contribution in [2.45, 2.75) is 50.7 Å². The third kappa shape index (κ3) is 3.41. The monoisotopic (exact) mass is 261 g/mol. The number of para-hydroxylation sites is 2. The third-order valence-corrected chi connectivity index (χ3v) is 4.06. The van der Waals surface area contributed by atoms with E-state index in [9.17, 15) is 0 Å². The van der Waals surface area contributed by atoms with Gasteiger partial charge in [0.15, 0.2) is 11.5 Å². The van der Waals surface area contributed by atoms with Crippen molar-refractivity contribution in [3.8, 4) is 11.5 Å². The van der Waals surface area contributed by atoms with Gasteiger partial charge in [0, 0.05) is 12.6 Å². The maximum atomic E-state index is 5.97. The predicted molar refractivity (Wildman–Crippen MR) is 75.8 cm³/mol. The van der Waals surface area contributed by atoms with Crippen molar-refractivity contribution in [2.24, 2.45) is 0 Å². The summed E-state index contributed by atoms with van der Waals surface area (Å²) in [5.41, 5.74) is 0. The van der Waals surface area contributed by atoms with Gasteiger partial charge in [0.05, 0.1) is 0 Å². The van der Waals surface area contributed by atoms with Gasteiger partial charge in [-0.3, -0.25) is 0 Å². The van der Waals surface area contributed by atoms with Crippen LogP contribution >= 0.6 is 0 Å². The number of fused-ring (bicyclic) bond motifs is 1. The molecular formula is C16H23NO2. The maximum Gasteiger partial charge on any atom is 0.161 e. The standard InChI is InChI=1S/C16H23NO2/c1-2-4-8-13(7-3-1)17-11-14-12-18-15-9-5-6-10-16(15)19-14/h5-6,9-10,13-14,17H,1-4,7-8,11-12H2/t14-/m1/s1. The smallest absolute Gasteiger partial charge is 0.161 e. The second kappa shape index (κ2) is 6.29. The van der Waals surface area contributed by atoms with Gasteiger partial charge < -0.3 is 14.8 Å². The summed E-state index contributed by atoms with van der Waals surface area (Å²) >= 11 is 0. The summed E-state index contributed by atoms with van der Waals surface area (Å²) in [6.45, 7) is 1.54. The summed E-state index contributed by atoms with van der Waals surface area (Å²) < 4.78 is 11.7. The van der Waals surface area contributed by atoms with E-state index in [-0.39, 0.29) is 6.10 Å². The van der Waals surface area contributed by atoms with Gasteiger partial charge in [-0.2, -0.15) is 0 Å². The van der Waals surface area contributed by atoms with Crippen molar-refractivity contribution in [3.05, 3.63) is 24.3 Å². The minimum absolute atomic E-state index is 0.137. The first-order valence-electron chi connectivity index (χ1n) is 7.54. The van der Waals surface area contributed by atoms with Crippen LogP contribution in [0.4, 0.5) is 0 Å². The Morgan fingerprint density at radius 2 is 1.74 bits per heavy atom. The van der Waals surface area contributed by atoms with Gasteiger partial charge in [0.2, 0.25) is 0 Å². The molecule has 1 fully saturated rings. The molecule has 0 saturated heterocycles. The maximum absolute atomic E-state index is 5.97. The molecule has 1 aromatic carbocycles. The van der Waals surface area contributed by atoms with E-state index in [1.807, 2.05) is 24.3 Å². The third-order valence-electron chi connectivity index (χ3n) is 4.06. The Kier molecular flexibility index (Phi) is 4.23. The summed E-state index contributed by atoms with van der Waals surface area (Å²) in [7, 11) is 0. The fourth-order valence-electron chi connectivity index (χ4n) is 2.95. The van der Waals surface area contributed by atoms with E-state index < -0.39 is 0 Å². The Morgan fingerprint density at radius 1 is 1.00 bits per heavy atom. The minimum Gasteiger partial charge on any atom is -0.486 e. The van der Waals surface area contributed by atoms with E-state index in [1.165, 1.54) is 38.5 Å². The Morgan fingerprint density at radius 3 is 2.53 bits per heavy atom. The lowest BCUT2D eigenvalue weighted by Crippen LogP contribution is -2.42. The summed E-state index contributed by atoms with van der Waals surface area (Å²) in [5.74, 6) is 1.75. The van der Waals surface area contributed by atoms with Crippen LogP contribution in [0.25, 0.3) is 0 Å². The van der Waals surface area contributed by atoms with E-state index in [4.69, 9.17) is 9.47 Å². The van der Waals surface area contributed by atoms with Crippen molar-refractivity contribution in [1.29, 1.82) is 0 Å². The molecule has 1 aromatic rings. The van der Waals surface area contributed by atoms with Crippen molar-refractivity contribution >= 4 is 0 Å². The SMILES string of the molecule is c1ccc2c(c1)OC[C@@H](CNC1CCCCCC1)O2. The molecule has 0 aromatic heterocycles. The van der Waals surface area contributed by atoms with Crippen LogP contribution in [0, 0.1) is 0 Å². The normalized spacial score (nSPS) is 23.9. The molecule has 0 amide bonds. The lowest BCUT2D eigenvalue weighted by Gasteiger charge is -2.28. The zero-order valence-electron chi connectivity index (χ0n) is 11.4. The first-order chi connectivity index (χ1) is 9.42. The highest BCUT2D eigenvalue weighted by Crippen LogP contribution is 2.30.